The maximum absolute atomic E-state index is 13.2. The second kappa shape index (κ2) is 6.91. The van der Waals surface area contributed by atoms with Gasteiger partial charge in [0, 0.05) is 35.6 Å². The number of halogens is 1. The zero-order valence-corrected chi connectivity index (χ0v) is 17.9. The normalized spacial score (nSPS) is 17.0. The molecule has 0 spiro atoms. The average molecular weight is 470 g/mol. The third-order valence-corrected chi connectivity index (χ3v) is 5.45. The smallest absolute Gasteiger partial charge is 0.350 e. The number of ether oxygens (including phenoxy) is 2. The van der Waals surface area contributed by atoms with Gasteiger partial charge in [-0.05, 0) is 34.5 Å². The largest absolute Gasteiger partial charge is 0.419 e. The molecule has 8 heteroatoms. The quantitative estimate of drug-likeness (QED) is 0.347. The van der Waals surface area contributed by atoms with Crippen LogP contribution in [-0.2, 0) is 19.1 Å². The highest BCUT2D eigenvalue weighted by molar-refractivity contribution is 9.10. The van der Waals surface area contributed by atoms with Gasteiger partial charge in [-0.2, -0.15) is 0 Å². The molecule has 0 amide bonds. The molecule has 1 saturated heterocycles. The maximum atomic E-state index is 13.2. The number of cyclic esters (lactones) is 2. The second-order valence-corrected chi connectivity index (χ2v) is 8.24. The van der Waals surface area contributed by atoms with Crippen molar-refractivity contribution in [3.05, 3.63) is 74.4 Å². The topological polar surface area (TPSA) is 98.8 Å². The van der Waals surface area contributed by atoms with Crippen LogP contribution in [0.15, 0.2) is 46.6 Å². The third kappa shape index (κ3) is 3.13. The lowest BCUT2D eigenvalue weighted by Crippen LogP contribution is -2.42. The highest BCUT2D eigenvalue weighted by Crippen LogP contribution is 2.38. The van der Waals surface area contributed by atoms with Crippen molar-refractivity contribution < 1.29 is 28.7 Å². The minimum atomic E-state index is -1.36. The molecule has 30 heavy (non-hydrogen) atoms. The van der Waals surface area contributed by atoms with Gasteiger partial charge in [0.2, 0.25) is 0 Å². The Morgan fingerprint density at radius 2 is 1.47 bits per heavy atom. The number of aryl methyl sites for hydroxylation is 1. The molecule has 2 aliphatic rings. The van der Waals surface area contributed by atoms with E-state index in [1.807, 2.05) is 0 Å². The number of hydrogen-bond acceptors (Lipinski definition) is 7. The van der Waals surface area contributed by atoms with Crippen molar-refractivity contribution in [2.45, 2.75) is 26.6 Å². The number of nitrogens with one attached hydrogen (secondary N) is 1. The van der Waals surface area contributed by atoms with Gasteiger partial charge >= 0.3 is 11.9 Å². The van der Waals surface area contributed by atoms with Crippen LogP contribution in [0, 0.1) is 6.92 Å². The van der Waals surface area contributed by atoms with E-state index in [0.717, 1.165) is 6.20 Å². The molecule has 7 nitrogen and oxygen atoms in total. The number of fused-ring (bicyclic) bond motifs is 2. The SMILES string of the molecule is Cc1cc(Br)c2c(c1NC=C1C(=O)OC(C)(C)OC1=O)C(=O)c1ccccc1C2=O. The minimum absolute atomic E-state index is 0.167. The van der Waals surface area contributed by atoms with Crippen LogP contribution in [0.4, 0.5) is 5.69 Å². The van der Waals surface area contributed by atoms with Crippen molar-refractivity contribution in [2.75, 3.05) is 5.32 Å². The maximum Gasteiger partial charge on any atom is 0.350 e. The lowest BCUT2D eigenvalue weighted by atomic mass is 9.82. The van der Waals surface area contributed by atoms with Gasteiger partial charge in [-0.15, -0.1) is 0 Å². The molecular formula is C22H16BrNO6. The lowest BCUT2D eigenvalue weighted by molar-refractivity contribution is -0.222. The number of hydrogen-bond donors (Lipinski definition) is 1. The van der Waals surface area contributed by atoms with Crippen LogP contribution >= 0.6 is 15.9 Å². The molecule has 152 valence electrons. The Morgan fingerprint density at radius 1 is 0.933 bits per heavy atom. The Bertz CT molecular complexity index is 1170. The highest BCUT2D eigenvalue weighted by atomic mass is 79.9. The predicted octanol–water partition coefficient (Wildman–Crippen LogP) is 3.66. The molecule has 4 rings (SSSR count). The van der Waals surface area contributed by atoms with Gasteiger partial charge < -0.3 is 14.8 Å². The molecule has 2 aromatic carbocycles. The summed E-state index contributed by atoms with van der Waals surface area (Å²) in [6.07, 6.45) is 1.13. The zero-order valence-electron chi connectivity index (χ0n) is 16.3. The van der Waals surface area contributed by atoms with E-state index in [4.69, 9.17) is 9.47 Å². The summed E-state index contributed by atoms with van der Waals surface area (Å²) in [6, 6.07) is 8.28. The molecular weight excluding hydrogens is 454 g/mol. The van der Waals surface area contributed by atoms with Crippen LogP contribution in [0.25, 0.3) is 0 Å². The predicted molar refractivity (Wildman–Crippen MR) is 110 cm³/mol. The lowest BCUT2D eigenvalue weighted by Gasteiger charge is -2.30. The Morgan fingerprint density at radius 3 is 2.03 bits per heavy atom. The molecule has 1 aliphatic carbocycles. The molecule has 0 radical (unpaired) electrons. The summed E-state index contributed by atoms with van der Waals surface area (Å²) < 4.78 is 10.6. The van der Waals surface area contributed by atoms with Crippen LogP contribution < -0.4 is 5.32 Å². The van der Waals surface area contributed by atoms with E-state index < -0.39 is 17.7 Å². The van der Waals surface area contributed by atoms with E-state index in [1.165, 1.54) is 13.8 Å². The summed E-state index contributed by atoms with van der Waals surface area (Å²) >= 11 is 3.38. The number of benzene rings is 2. The van der Waals surface area contributed by atoms with Crippen LogP contribution in [0.3, 0.4) is 0 Å². The van der Waals surface area contributed by atoms with Crippen molar-refractivity contribution in [1.29, 1.82) is 0 Å². The van der Waals surface area contributed by atoms with Gasteiger partial charge in [0.05, 0.1) is 16.8 Å². The van der Waals surface area contributed by atoms with Crippen molar-refractivity contribution in [3.63, 3.8) is 0 Å². The molecule has 0 bridgehead atoms. The van der Waals surface area contributed by atoms with E-state index in [9.17, 15) is 19.2 Å². The first-order valence-electron chi connectivity index (χ1n) is 9.05. The summed E-state index contributed by atoms with van der Waals surface area (Å²) in [4.78, 5) is 50.7. The molecule has 1 heterocycles. The fourth-order valence-corrected chi connectivity index (χ4v) is 4.20. The third-order valence-electron chi connectivity index (χ3n) is 4.82. The second-order valence-electron chi connectivity index (χ2n) is 7.39. The van der Waals surface area contributed by atoms with Crippen molar-refractivity contribution in [1.82, 2.24) is 0 Å². The van der Waals surface area contributed by atoms with Gasteiger partial charge in [0.25, 0.3) is 5.79 Å². The summed E-state index contributed by atoms with van der Waals surface area (Å²) in [6.45, 7) is 4.64. The summed E-state index contributed by atoms with van der Waals surface area (Å²) in [5.41, 5.74) is 1.61. The zero-order chi connectivity index (χ0) is 21.8. The van der Waals surface area contributed by atoms with Crippen LogP contribution in [0.2, 0.25) is 0 Å². The van der Waals surface area contributed by atoms with Crippen molar-refractivity contribution >= 4 is 45.1 Å². The first-order chi connectivity index (χ1) is 14.1. The first kappa shape index (κ1) is 20.0. The van der Waals surface area contributed by atoms with Gasteiger partial charge in [0.15, 0.2) is 17.1 Å². The van der Waals surface area contributed by atoms with Crippen LogP contribution in [0.5, 0.6) is 0 Å². The monoisotopic (exact) mass is 469 g/mol. The Kier molecular flexibility index (Phi) is 4.62. The number of rotatable bonds is 2. The van der Waals surface area contributed by atoms with E-state index in [-0.39, 0.29) is 28.3 Å². The van der Waals surface area contributed by atoms with Crippen molar-refractivity contribution in [3.8, 4) is 0 Å². The van der Waals surface area contributed by atoms with Gasteiger partial charge in [-0.3, -0.25) is 9.59 Å². The number of ketones is 2. The molecule has 2 aromatic rings. The Balaban J connectivity index is 1.82. The number of carbonyl (C=O) groups excluding carboxylic acids is 4. The van der Waals surface area contributed by atoms with E-state index in [1.54, 1.807) is 37.3 Å². The molecule has 1 aliphatic heterocycles. The molecule has 0 aromatic heterocycles. The molecule has 1 fully saturated rings. The number of esters is 2. The van der Waals surface area contributed by atoms with Crippen LogP contribution in [0.1, 0.15) is 51.3 Å². The van der Waals surface area contributed by atoms with E-state index >= 15 is 0 Å². The fraction of sp³-hybridized carbons (Fsp3) is 0.182. The Labute approximate surface area is 180 Å². The fourth-order valence-electron chi connectivity index (χ4n) is 3.48. The highest BCUT2D eigenvalue weighted by Gasteiger charge is 2.39. The van der Waals surface area contributed by atoms with E-state index in [2.05, 4.69) is 21.2 Å². The number of carbonyl (C=O) groups is 4. The number of anilines is 1. The molecule has 1 N–H and O–H groups in total. The standard InChI is InChI=1S/C22H16BrNO6/c1-10-8-14(23)15-16(19(26)12-7-5-4-6-11(12)18(15)25)17(10)24-9-13-20(27)29-22(2,3)30-21(13)28/h4-9,24H,1-3H3. The molecule has 0 saturated carbocycles. The van der Waals surface area contributed by atoms with E-state index in [0.29, 0.717) is 26.9 Å². The van der Waals surface area contributed by atoms with Crippen LogP contribution in [-0.4, -0.2) is 29.3 Å². The van der Waals surface area contributed by atoms with Gasteiger partial charge in [-0.25, -0.2) is 9.59 Å². The van der Waals surface area contributed by atoms with Gasteiger partial charge in [-0.1, -0.05) is 24.3 Å². The minimum Gasteiger partial charge on any atom is -0.419 e. The first-order valence-corrected chi connectivity index (χ1v) is 9.85. The average Bonchev–Trinajstić information content (AvgIpc) is 2.65. The molecule has 0 unspecified atom stereocenters. The van der Waals surface area contributed by atoms with Crippen molar-refractivity contribution in [2.24, 2.45) is 0 Å². The summed E-state index contributed by atoms with van der Waals surface area (Å²) in [7, 11) is 0. The van der Waals surface area contributed by atoms with Gasteiger partial charge in [0.1, 0.15) is 0 Å². The Hall–Kier alpha value is -3.26. The molecule has 0 atom stereocenters. The summed E-state index contributed by atoms with van der Waals surface area (Å²) in [5, 5.41) is 2.85. The summed E-state index contributed by atoms with van der Waals surface area (Å²) in [5.74, 6) is -3.67.